The zero-order valence-electron chi connectivity index (χ0n) is 7.43. The van der Waals surface area contributed by atoms with E-state index in [2.05, 4.69) is 9.55 Å². The van der Waals surface area contributed by atoms with Crippen molar-refractivity contribution in [2.75, 3.05) is 0 Å². The maximum Gasteiger partial charge on any atom is 0.109 e. The molecule has 0 bridgehead atoms. The predicted octanol–water partition coefficient (Wildman–Crippen LogP) is 3.29. The SMILES string of the molecule is Clc1cc2nc3n(c2cc1Cl)CCC3. The summed E-state index contributed by atoms with van der Waals surface area (Å²) in [4.78, 5) is 4.52. The Morgan fingerprint density at radius 1 is 1.21 bits per heavy atom. The van der Waals surface area contributed by atoms with Gasteiger partial charge in [0.15, 0.2) is 0 Å². The highest BCUT2D eigenvalue weighted by Crippen LogP contribution is 2.30. The van der Waals surface area contributed by atoms with Crippen LogP contribution in [-0.2, 0) is 13.0 Å². The summed E-state index contributed by atoms with van der Waals surface area (Å²) in [5.41, 5.74) is 2.06. The van der Waals surface area contributed by atoms with Gasteiger partial charge in [0.25, 0.3) is 0 Å². The smallest absolute Gasteiger partial charge is 0.109 e. The summed E-state index contributed by atoms with van der Waals surface area (Å²) in [7, 11) is 0. The van der Waals surface area contributed by atoms with Gasteiger partial charge in [-0.25, -0.2) is 4.98 Å². The standard InChI is InChI=1S/C10H8Cl2N2/c11-6-4-8-9(5-7(6)12)14-3-1-2-10(14)13-8/h4-5H,1-3H2. The molecule has 0 saturated heterocycles. The Morgan fingerprint density at radius 3 is 2.86 bits per heavy atom. The molecule has 0 radical (unpaired) electrons. The van der Waals surface area contributed by atoms with Crippen LogP contribution in [0.4, 0.5) is 0 Å². The largest absolute Gasteiger partial charge is 0.328 e. The fourth-order valence-corrected chi connectivity index (χ4v) is 2.32. The highest BCUT2D eigenvalue weighted by atomic mass is 35.5. The molecule has 0 unspecified atom stereocenters. The van der Waals surface area contributed by atoms with E-state index in [-0.39, 0.29) is 0 Å². The molecular formula is C10H8Cl2N2. The van der Waals surface area contributed by atoms with Crippen LogP contribution in [-0.4, -0.2) is 9.55 Å². The minimum Gasteiger partial charge on any atom is -0.328 e. The lowest BCUT2D eigenvalue weighted by Crippen LogP contribution is -1.90. The lowest BCUT2D eigenvalue weighted by atomic mass is 10.3. The molecule has 4 heteroatoms. The van der Waals surface area contributed by atoms with Gasteiger partial charge in [0.05, 0.1) is 21.1 Å². The maximum atomic E-state index is 5.97. The van der Waals surface area contributed by atoms with Gasteiger partial charge in [-0.3, -0.25) is 0 Å². The van der Waals surface area contributed by atoms with Crippen molar-refractivity contribution in [3.05, 3.63) is 28.0 Å². The van der Waals surface area contributed by atoms with Crippen LogP contribution in [0.1, 0.15) is 12.2 Å². The fourth-order valence-electron chi connectivity index (χ4n) is 2.01. The number of imidazole rings is 1. The fraction of sp³-hybridized carbons (Fsp3) is 0.300. The second-order valence-corrected chi connectivity index (χ2v) is 4.35. The monoisotopic (exact) mass is 226 g/mol. The van der Waals surface area contributed by atoms with Crippen molar-refractivity contribution in [1.29, 1.82) is 0 Å². The van der Waals surface area contributed by atoms with Crippen molar-refractivity contribution in [3.63, 3.8) is 0 Å². The van der Waals surface area contributed by atoms with Crippen molar-refractivity contribution in [1.82, 2.24) is 9.55 Å². The second kappa shape index (κ2) is 2.88. The summed E-state index contributed by atoms with van der Waals surface area (Å²) in [6.45, 7) is 1.05. The van der Waals surface area contributed by atoms with Crippen molar-refractivity contribution < 1.29 is 0 Å². The number of halogens is 2. The number of fused-ring (bicyclic) bond motifs is 3. The molecular weight excluding hydrogens is 219 g/mol. The van der Waals surface area contributed by atoms with E-state index < -0.39 is 0 Å². The van der Waals surface area contributed by atoms with Gasteiger partial charge in [0, 0.05) is 13.0 Å². The molecule has 2 nitrogen and oxygen atoms in total. The number of benzene rings is 1. The third-order valence-corrected chi connectivity index (χ3v) is 3.37. The molecule has 0 fully saturated rings. The summed E-state index contributed by atoms with van der Waals surface area (Å²) in [6.07, 6.45) is 2.24. The zero-order valence-corrected chi connectivity index (χ0v) is 8.94. The average Bonchev–Trinajstić information content (AvgIpc) is 2.68. The molecule has 0 amide bonds. The number of aromatic nitrogens is 2. The first-order chi connectivity index (χ1) is 6.75. The van der Waals surface area contributed by atoms with Crippen molar-refractivity contribution >= 4 is 34.2 Å². The van der Waals surface area contributed by atoms with E-state index in [1.54, 1.807) is 0 Å². The van der Waals surface area contributed by atoms with Gasteiger partial charge < -0.3 is 4.57 Å². The molecule has 0 N–H and O–H groups in total. The first-order valence-corrected chi connectivity index (χ1v) is 5.35. The van der Waals surface area contributed by atoms with Gasteiger partial charge >= 0.3 is 0 Å². The van der Waals surface area contributed by atoms with Crippen LogP contribution in [0.5, 0.6) is 0 Å². The molecule has 0 atom stereocenters. The lowest BCUT2D eigenvalue weighted by molar-refractivity contribution is 0.771. The molecule has 1 aliphatic rings. The van der Waals surface area contributed by atoms with E-state index in [1.807, 2.05) is 12.1 Å². The molecule has 0 spiro atoms. The molecule has 72 valence electrons. The van der Waals surface area contributed by atoms with E-state index in [0.717, 1.165) is 29.8 Å². The molecule has 1 aromatic heterocycles. The third kappa shape index (κ3) is 1.07. The van der Waals surface area contributed by atoms with E-state index in [4.69, 9.17) is 23.2 Å². The normalized spacial score (nSPS) is 15.0. The van der Waals surface area contributed by atoms with Gasteiger partial charge in [-0.1, -0.05) is 23.2 Å². The van der Waals surface area contributed by atoms with Crippen LogP contribution >= 0.6 is 23.2 Å². The zero-order chi connectivity index (χ0) is 9.71. The maximum absolute atomic E-state index is 5.97. The summed E-state index contributed by atoms with van der Waals surface area (Å²) in [6, 6.07) is 3.74. The molecule has 14 heavy (non-hydrogen) atoms. The third-order valence-electron chi connectivity index (χ3n) is 2.65. The predicted molar refractivity (Wildman–Crippen MR) is 58.1 cm³/mol. The summed E-state index contributed by atoms with van der Waals surface area (Å²) < 4.78 is 2.22. The Hall–Kier alpha value is -0.730. The van der Waals surface area contributed by atoms with E-state index in [9.17, 15) is 0 Å². The first kappa shape index (κ1) is 8.57. The second-order valence-electron chi connectivity index (χ2n) is 3.54. The van der Waals surface area contributed by atoms with E-state index in [0.29, 0.717) is 10.0 Å². The number of nitrogens with zero attached hydrogens (tertiary/aromatic N) is 2. The van der Waals surface area contributed by atoms with Crippen LogP contribution in [0.15, 0.2) is 12.1 Å². The van der Waals surface area contributed by atoms with Gasteiger partial charge in [-0.2, -0.15) is 0 Å². The minimum absolute atomic E-state index is 0.580. The molecule has 1 aliphatic heterocycles. The van der Waals surface area contributed by atoms with Crippen LogP contribution in [0.3, 0.4) is 0 Å². The van der Waals surface area contributed by atoms with Crippen LogP contribution < -0.4 is 0 Å². The Labute approximate surface area is 91.4 Å². The molecule has 1 aromatic carbocycles. The highest BCUT2D eigenvalue weighted by molar-refractivity contribution is 6.42. The Kier molecular flexibility index (Phi) is 1.76. The number of rotatable bonds is 0. The van der Waals surface area contributed by atoms with Crippen LogP contribution in [0, 0.1) is 0 Å². The quantitative estimate of drug-likeness (QED) is 0.675. The lowest BCUT2D eigenvalue weighted by Gasteiger charge is -1.99. The minimum atomic E-state index is 0.580. The Bertz CT molecular complexity index is 516. The van der Waals surface area contributed by atoms with E-state index in [1.165, 1.54) is 6.42 Å². The summed E-state index contributed by atoms with van der Waals surface area (Å²) in [5, 5.41) is 1.18. The molecule has 0 saturated carbocycles. The molecule has 2 aromatic rings. The molecule has 0 aliphatic carbocycles. The topological polar surface area (TPSA) is 17.8 Å². The van der Waals surface area contributed by atoms with Crippen molar-refractivity contribution in [3.8, 4) is 0 Å². The van der Waals surface area contributed by atoms with Crippen LogP contribution in [0.2, 0.25) is 10.0 Å². The van der Waals surface area contributed by atoms with Gasteiger partial charge in [0.2, 0.25) is 0 Å². The number of hydrogen-bond acceptors (Lipinski definition) is 1. The number of hydrogen-bond donors (Lipinski definition) is 0. The molecule has 3 rings (SSSR count). The molecule has 2 heterocycles. The van der Waals surface area contributed by atoms with Crippen LogP contribution in [0.25, 0.3) is 11.0 Å². The Morgan fingerprint density at radius 2 is 2.00 bits per heavy atom. The van der Waals surface area contributed by atoms with Crippen molar-refractivity contribution in [2.24, 2.45) is 0 Å². The van der Waals surface area contributed by atoms with Crippen molar-refractivity contribution in [2.45, 2.75) is 19.4 Å². The van der Waals surface area contributed by atoms with Gasteiger partial charge in [0.1, 0.15) is 5.82 Å². The average molecular weight is 227 g/mol. The summed E-state index contributed by atoms with van der Waals surface area (Å²) >= 11 is 11.9. The Balaban J connectivity index is 2.39. The van der Waals surface area contributed by atoms with Gasteiger partial charge in [-0.15, -0.1) is 0 Å². The number of aryl methyl sites for hydroxylation is 2. The first-order valence-electron chi connectivity index (χ1n) is 4.60. The summed E-state index contributed by atoms with van der Waals surface area (Å²) in [5.74, 6) is 1.15. The van der Waals surface area contributed by atoms with E-state index >= 15 is 0 Å². The highest BCUT2D eigenvalue weighted by Gasteiger charge is 2.16. The van der Waals surface area contributed by atoms with Gasteiger partial charge in [-0.05, 0) is 18.6 Å².